The van der Waals surface area contributed by atoms with Crippen molar-refractivity contribution in [1.29, 1.82) is 0 Å². The smallest absolute Gasteiger partial charge is 0.0900 e. The van der Waals surface area contributed by atoms with E-state index in [1.165, 1.54) is 28.8 Å². The summed E-state index contributed by atoms with van der Waals surface area (Å²) in [5.74, 6) is 0.462. The first kappa shape index (κ1) is 21.9. The molecule has 0 aliphatic carbocycles. The van der Waals surface area contributed by atoms with E-state index in [2.05, 4.69) is 91.5 Å². The van der Waals surface area contributed by atoms with Crippen LogP contribution in [0.2, 0.25) is 0 Å². The largest absolute Gasteiger partial charge is 0.378 e. The van der Waals surface area contributed by atoms with Crippen molar-refractivity contribution < 1.29 is 4.74 Å². The first-order valence-corrected chi connectivity index (χ1v) is 12.4. The zero-order valence-corrected chi connectivity index (χ0v) is 20.2. The lowest BCUT2D eigenvalue weighted by atomic mass is 9.75. The summed E-state index contributed by atoms with van der Waals surface area (Å²) in [6.45, 7) is 12.6. The Bertz CT molecular complexity index is 914. The van der Waals surface area contributed by atoms with Crippen molar-refractivity contribution in [1.82, 2.24) is 9.80 Å². The third-order valence-corrected chi connectivity index (χ3v) is 7.73. The summed E-state index contributed by atoms with van der Waals surface area (Å²) >= 11 is 0. The highest BCUT2D eigenvalue weighted by molar-refractivity contribution is 5.59. The molecule has 3 heterocycles. The number of likely N-dealkylation sites (N-methyl/N-ethyl adjacent to an activating group) is 1. The van der Waals surface area contributed by atoms with E-state index in [9.17, 15) is 0 Å². The Morgan fingerprint density at radius 3 is 2.44 bits per heavy atom. The van der Waals surface area contributed by atoms with E-state index < -0.39 is 0 Å². The molecular weight excluding hydrogens is 394 g/mol. The molecule has 3 aliphatic heterocycles. The van der Waals surface area contributed by atoms with Crippen LogP contribution in [0.4, 0.5) is 5.69 Å². The molecule has 2 aromatic rings. The van der Waals surface area contributed by atoms with Crippen molar-refractivity contribution in [3.05, 3.63) is 65.2 Å². The molecule has 172 valence electrons. The molecule has 0 saturated carbocycles. The van der Waals surface area contributed by atoms with Crippen LogP contribution in [0.1, 0.15) is 62.4 Å². The van der Waals surface area contributed by atoms with Crippen LogP contribution in [0.5, 0.6) is 0 Å². The lowest BCUT2D eigenvalue weighted by molar-refractivity contribution is -0.105. The first-order chi connectivity index (χ1) is 15.4. The summed E-state index contributed by atoms with van der Waals surface area (Å²) in [5.41, 5.74) is 5.49. The number of anilines is 1. The van der Waals surface area contributed by atoms with E-state index >= 15 is 0 Å². The van der Waals surface area contributed by atoms with E-state index in [0.29, 0.717) is 18.1 Å². The van der Waals surface area contributed by atoms with Crippen LogP contribution in [0.3, 0.4) is 0 Å². The highest BCUT2D eigenvalue weighted by Gasteiger charge is 2.43. The van der Waals surface area contributed by atoms with Gasteiger partial charge in [-0.15, -0.1) is 0 Å². The number of nitrogens with one attached hydrogen (secondary N) is 1. The topological polar surface area (TPSA) is 27.7 Å². The quantitative estimate of drug-likeness (QED) is 0.717. The van der Waals surface area contributed by atoms with Gasteiger partial charge in [0.15, 0.2) is 0 Å². The van der Waals surface area contributed by atoms with Crippen molar-refractivity contribution in [2.75, 3.05) is 45.1 Å². The van der Waals surface area contributed by atoms with Crippen molar-refractivity contribution in [3.8, 4) is 0 Å². The maximum absolute atomic E-state index is 6.97. The fraction of sp³-hybridized carbons (Fsp3) is 0.571. The van der Waals surface area contributed by atoms with Crippen molar-refractivity contribution >= 4 is 5.69 Å². The number of fused-ring (bicyclic) bond motifs is 3. The van der Waals surface area contributed by atoms with Gasteiger partial charge in [0.25, 0.3) is 0 Å². The molecule has 3 aliphatic rings. The third-order valence-electron chi connectivity index (χ3n) is 7.73. The van der Waals surface area contributed by atoms with E-state index in [1.807, 2.05) is 0 Å². The molecule has 0 amide bonds. The molecule has 4 nitrogen and oxygen atoms in total. The van der Waals surface area contributed by atoms with E-state index in [4.69, 9.17) is 4.74 Å². The van der Waals surface area contributed by atoms with Crippen LogP contribution in [-0.2, 0) is 10.2 Å². The number of hydrogen-bond donors (Lipinski definition) is 1. The molecule has 4 atom stereocenters. The van der Waals surface area contributed by atoms with Gasteiger partial charge in [0.2, 0.25) is 0 Å². The van der Waals surface area contributed by atoms with Gasteiger partial charge < -0.3 is 15.0 Å². The Hall–Kier alpha value is -1.88. The Morgan fingerprint density at radius 2 is 1.72 bits per heavy atom. The summed E-state index contributed by atoms with van der Waals surface area (Å²) in [6.07, 6.45) is 2.83. The number of hydrogen-bond acceptors (Lipinski definition) is 4. The van der Waals surface area contributed by atoms with Gasteiger partial charge in [-0.25, -0.2) is 0 Å². The Balaban J connectivity index is 1.43. The van der Waals surface area contributed by atoms with Crippen molar-refractivity contribution in [2.45, 2.75) is 57.3 Å². The van der Waals surface area contributed by atoms with Crippen LogP contribution in [-0.4, -0.2) is 55.7 Å². The van der Waals surface area contributed by atoms with Gasteiger partial charge in [0.1, 0.15) is 0 Å². The highest BCUT2D eigenvalue weighted by Crippen LogP contribution is 2.51. The van der Waals surface area contributed by atoms with Crippen LogP contribution in [0.25, 0.3) is 0 Å². The predicted octanol–water partition coefficient (Wildman–Crippen LogP) is 5.23. The van der Waals surface area contributed by atoms with Crippen LogP contribution in [0, 0.1) is 5.92 Å². The number of rotatable bonds is 3. The summed E-state index contributed by atoms with van der Waals surface area (Å²) in [5, 5.41) is 3.90. The summed E-state index contributed by atoms with van der Waals surface area (Å²) in [7, 11) is 2.22. The van der Waals surface area contributed by atoms with Gasteiger partial charge in [-0.1, -0.05) is 63.2 Å². The standard InChI is InChI=1S/C28H39N3O/c1-28(2,3)21-10-13-25-24(18-21)27-23(26(29-25)20-8-6-5-7-9-20)12-11-22(32-27)19-31-16-14-30(4)15-17-31/h5-10,13,18,22-23,26-27,29H,11-12,14-17,19H2,1-4H3. The molecule has 0 spiro atoms. The predicted molar refractivity (Wildman–Crippen MR) is 132 cm³/mol. The van der Waals surface area contributed by atoms with Crippen LogP contribution >= 0.6 is 0 Å². The van der Waals surface area contributed by atoms with Gasteiger partial charge in [-0.05, 0) is 42.5 Å². The number of benzene rings is 2. The summed E-state index contributed by atoms with van der Waals surface area (Å²) in [6, 6.07) is 18.2. The van der Waals surface area contributed by atoms with Crippen molar-refractivity contribution in [3.63, 3.8) is 0 Å². The van der Waals surface area contributed by atoms with Crippen LogP contribution in [0.15, 0.2) is 48.5 Å². The second kappa shape index (κ2) is 8.81. The molecule has 0 radical (unpaired) electrons. The average Bonchev–Trinajstić information content (AvgIpc) is 2.79. The lowest BCUT2D eigenvalue weighted by Crippen LogP contribution is -2.49. The minimum Gasteiger partial charge on any atom is -0.378 e. The van der Waals surface area contributed by atoms with Gasteiger partial charge in [-0.3, -0.25) is 4.90 Å². The van der Waals surface area contributed by atoms with E-state index in [-0.39, 0.29) is 11.5 Å². The molecule has 4 unspecified atom stereocenters. The first-order valence-electron chi connectivity index (χ1n) is 12.4. The zero-order valence-electron chi connectivity index (χ0n) is 20.2. The maximum Gasteiger partial charge on any atom is 0.0900 e. The van der Waals surface area contributed by atoms with Crippen LogP contribution < -0.4 is 5.32 Å². The summed E-state index contributed by atoms with van der Waals surface area (Å²) < 4.78 is 6.97. The molecule has 1 N–H and O–H groups in total. The number of ether oxygens (including phenoxy) is 1. The molecule has 0 bridgehead atoms. The van der Waals surface area contributed by atoms with E-state index in [1.54, 1.807) is 0 Å². The molecule has 4 heteroatoms. The normalized spacial score (nSPS) is 29.1. The molecule has 2 saturated heterocycles. The molecule has 5 rings (SSSR count). The number of piperazine rings is 1. The highest BCUT2D eigenvalue weighted by atomic mass is 16.5. The van der Waals surface area contributed by atoms with Gasteiger partial charge in [-0.2, -0.15) is 0 Å². The third kappa shape index (κ3) is 4.46. The molecular formula is C28H39N3O. The van der Waals surface area contributed by atoms with E-state index in [0.717, 1.165) is 39.1 Å². The van der Waals surface area contributed by atoms with Gasteiger partial charge >= 0.3 is 0 Å². The minimum atomic E-state index is 0.134. The second-order valence-corrected chi connectivity index (χ2v) is 11.1. The minimum absolute atomic E-state index is 0.134. The zero-order chi connectivity index (χ0) is 22.3. The molecule has 32 heavy (non-hydrogen) atoms. The van der Waals surface area contributed by atoms with Crippen molar-refractivity contribution in [2.24, 2.45) is 5.92 Å². The number of nitrogens with zero attached hydrogens (tertiary/aromatic N) is 2. The average molecular weight is 434 g/mol. The van der Waals surface area contributed by atoms with Gasteiger partial charge in [0.05, 0.1) is 18.2 Å². The fourth-order valence-electron chi connectivity index (χ4n) is 5.67. The Kier molecular flexibility index (Phi) is 6.04. The SMILES string of the molecule is CN1CCN(CC2CCC3C(c4ccccc4)Nc4ccc(C(C)(C)C)cc4C3O2)CC1. The summed E-state index contributed by atoms with van der Waals surface area (Å²) in [4.78, 5) is 5.03. The Labute approximate surface area is 193 Å². The molecule has 0 aromatic heterocycles. The second-order valence-electron chi connectivity index (χ2n) is 11.1. The lowest BCUT2D eigenvalue weighted by Gasteiger charge is -2.47. The van der Waals surface area contributed by atoms with Gasteiger partial charge in [0, 0.05) is 49.9 Å². The fourth-order valence-corrected chi connectivity index (χ4v) is 5.67. The maximum atomic E-state index is 6.97. The molecule has 2 fully saturated rings. The monoisotopic (exact) mass is 433 g/mol. The molecule has 2 aromatic carbocycles. The Morgan fingerprint density at radius 1 is 0.969 bits per heavy atom.